The number of aromatic nitrogens is 1. The van der Waals surface area contributed by atoms with Crippen LogP contribution in [0.25, 0.3) is 0 Å². The molecule has 1 aromatic heterocycles. The number of benzene rings is 1. The molecular weight excluding hydrogens is 394 g/mol. The summed E-state index contributed by atoms with van der Waals surface area (Å²) in [4.78, 5) is 11.3. The largest absolute Gasteiger partial charge is 0.493 e. The second-order valence-corrected chi connectivity index (χ2v) is 7.96. The van der Waals surface area contributed by atoms with Crippen LogP contribution in [-0.4, -0.2) is 56.7 Å². The summed E-state index contributed by atoms with van der Waals surface area (Å²) in [6.07, 6.45) is 2.30. The van der Waals surface area contributed by atoms with E-state index in [0.717, 1.165) is 79.4 Å². The topological polar surface area (TPSA) is 84.2 Å². The number of aliphatic imine (C=N–C) groups is 1. The molecule has 0 aliphatic carbocycles. The number of ether oxygens (including phenoxy) is 2. The van der Waals surface area contributed by atoms with Crippen LogP contribution in [0.1, 0.15) is 35.7 Å². The van der Waals surface area contributed by atoms with Gasteiger partial charge in [-0.25, -0.2) is 4.98 Å². The van der Waals surface area contributed by atoms with E-state index in [0.29, 0.717) is 12.5 Å². The van der Waals surface area contributed by atoms with E-state index in [1.807, 2.05) is 32.0 Å². The number of guanidine groups is 1. The molecule has 2 aromatic rings. The van der Waals surface area contributed by atoms with Crippen molar-refractivity contribution in [1.82, 2.24) is 20.5 Å². The Morgan fingerprint density at radius 1 is 1.16 bits per heavy atom. The fourth-order valence-electron chi connectivity index (χ4n) is 3.78. The zero-order valence-corrected chi connectivity index (χ0v) is 19.3. The highest BCUT2D eigenvalue weighted by atomic mass is 16.5. The zero-order valence-electron chi connectivity index (χ0n) is 19.3. The molecule has 1 fully saturated rings. The van der Waals surface area contributed by atoms with E-state index in [1.54, 1.807) is 21.3 Å². The Morgan fingerprint density at radius 2 is 1.90 bits per heavy atom. The lowest BCUT2D eigenvalue weighted by molar-refractivity contribution is 0.164. The fourth-order valence-corrected chi connectivity index (χ4v) is 3.78. The first kappa shape index (κ1) is 22.9. The van der Waals surface area contributed by atoms with Crippen LogP contribution in [-0.2, 0) is 13.1 Å². The summed E-state index contributed by atoms with van der Waals surface area (Å²) in [6.45, 7) is 8.45. The number of hydrogen-bond acceptors (Lipinski definition) is 6. The van der Waals surface area contributed by atoms with Crippen LogP contribution in [0.2, 0.25) is 0 Å². The van der Waals surface area contributed by atoms with Gasteiger partial charge in [0.05, 0.1) is 26.5 Å². The van der Waals surface area contributed by atoms with Crippen LogP contribution >= 0.6 is 0 Å². The summed E-state index contributed by atoms with van der Waals surface area (Å²) < 4.78 is 16.4. The first-order valence-electron chi connectivity index (χ1n) is 10.8. The van der Waals surface area contributed by atoms with Crippen molar-refractivity contribution in [3.63, 3.8) is 0 Å². The third-order valence-corrected chi connectivity index (χ3v) is 5.83. The molecule has 8 heteroatoms. The first-order chi connectivity index (χ1) is 15.0. The molecule has 170 valence electrons. The number of hydrogen-bond donors (Lipinski definition) is 2. The van der Waals surface area contributed by atoms with Gasteiger partial charge in [-0.15, -0.1) is 0 Å². The maximum absolute atomic E-state index is 5.72. The van der Waals surface area contributed by atoms with E-state index in [1.165, 1.54) is 0 Å². The second-order valence-electron chi connectivity index (χ2n) is 7.96. The Labute approximate surface area is 185 Å². The predicted octanol–water partition coefficient (Wildman–Crippen LogP) is 2.89. The minimum atomic E-state index is 0.629. The SMILES string of the molecule is CN=C(NCc1ccc(OC)c(OC)c1)NCC1CCN(Cc2nc(C)c(C)o2)CC1. The van der Waals surface area contributed by atoms with Crippen molar-refractivity contribution in [2.24, 2.45) is 10.9 Å². The number of methoxy groups -OCH3 is 2. The van der Waals surface area contributed by atoms with Gasteiger partial charge in [0.15, 0.2) is 17.5 Å². The maximum atomic E-state index is 5.72. The fraction of sp³-hybridized carbons (Fsp3) is 0.565. The van der Waals surface area contributed by atoms with Gasteiger partial charge in [-0.2, -0.15) is 0 Å². The van der Waals surface area contributed by atoms with E-state index in [9.17, 15) is 0 Å². The van der Waals surface area contributed by atoms with E-state index in [2.05, 4.69) is 25.5 Å². The number of oxazole rings is 1. The number of likely N-dealkylation sites (tertiary alicyclic amines) is 1. The lowest BCUT2D eigenvalue weighted by Crippen LogP contribution is -2.42. The molecule has 1 aliphatic heterocycles. The van der Waals surface area contributed by atoms with Crippen LogP contribution in [0.3, 0.4) is 0 Å². The van der Waals surface area contributed by atoms with E-state index in [-0.39, 0.29) is 0 Å². The summed E-state index contributed by atoms with van der Waals surface area (Å²) in [6, 6.07) is 5.92. The van der Waals surface area contributed by atoms with Gasteiger partial charge >= 0.3 is 0 Å². The standard InChI is InChI=1S/C23H35N5O3/c1-16-17(2)31-22(27-16)15-28-10-8-18(9-11-28)13-25-23(24-3)26-14-19-6-7-20(29-4)21(12-19)30-5/h6-7,12,18H,8-11,13-15H2,1-5H3,(H2,24,25,26). The Kier molecular flexibility index (Phi) is 8.17. The molecule has 1 saturated heterocycles. The molecular formula is C23H35N5O3. The van der Waals surface area contributed by atoms with Crippen LogP contribution in [0.5, 0.6) is 11.5 Å². The van der Waals surface area contributed by atoms with Gasteiger partial charge in [0, 0.05) is 20.1 Å². The van der Waals surface area contributed by atoms with Gasteiger partial charge in [-0.05, 0) is 63.4 Å². The highest BCUT2D eigenvalue weighted by Gasteiger charge is 2.21. The second kappa shape index (κ2) is 11.0. The van der Waals surface area contributed by atoms with Crippen molar-refractivity contribution >= 4 is 5.96 Å². The quantitative estimate of drug-likeness (QED) is 0.493. The van der Waals surface area contributed by atoms with Crippen molar-refractivity contribution in [3.05, 3.63) is 41.1 Å². The normalized spacial score (nSPS) is 15.7. The average molecular weight is 430 g/mol. The van der Waals surface area contributed by atoms with Crippen LogP contribution in [0.4, 0.5) is 0 Å². The molecule has 2 heterocycles. The molecule has 31 heavy (non-hydrogen) atoms. The summed E-state index contributed by atoms with van der Waals surface area (Å²) in [5.74, 6) is 4.64. The Bertz CT molecular complexity index is 853. The number of piperidine rings is 1. The molecule has 0 atom stereocenters. The smallest absolute Gasteiger partial charge is 0.208 e. The van der Waals surface area contributed by atoms with Gasteiger partial charge in [-0.3, -0.25) is 9.89 Å². The highest BCUT2D eigenvalue weighted by molar-refractivity contribution is 5.79. The predicted molar refractivity (Wildman–Crippen MR) is 122 cm³/mol. The third-order valence-electron chi connectivity index (χ3n) is 5.83. The van der Waals surface area contributed by atoms with E-state index < -0.39 is 0 Å². The summed E-state index contributed by atoms with van der Waals surface area (Å²) in [7, 11) is 5.09. The maximum Gasteiger partial charge on any atom is 0.208 e. The first-order valence-corrected chi connectivity index (χ1v) is 10.8. The zero-order chi connectivity index (χ0) is 22.2. The molecule has 0 amide bonds. The molecule has 0 unspecified atom stereocenters. The monoisotopic (exact) mass is 429 g/mol. The minimum Gasteiger partial charge on any atom is -0.493 e. The van der Waals surface area contributed by atoms with Crippen LogP contribution in [0, 0.1) is 19.8 Å². The van der Waals surface area contributed by atoms with Crippen molar-refractivity contribution in [3.8, 4) is 11.5 Å². The molecule has 2 N–H and O–H groups in total. The lowest BCUT2D eigenvalue weighted by Gasteiger charge is -2.31. The lowest BCUT2D eigenvalue weighted by atomic mass is 9.97. The van der Waals surface area contributed by atoms with Crippen molar-refractivity contribution in [1.29, 1.82) is 0 Å². The summed E-state index contributed by atoms with van der Waals surface area (Å²) in [5.41, 5.74) is 2.09. The van der Waals surface area contributed by atoms with Gasteiger partial charge < -0.3 is 24.5 Å². The molecule has 0 saturated carbocycles. The Hall–Kier alpha value is -2.74. The Balaban J connectivity index is 1.40. The van der Waals surface area contributed by atoms with Gasteiger partial charge in [0.1, 0.15) is 5.76 Å². The number of rotatable bonds is 8. The molecule has 0 radical (unpaired) electrons. The number of nitrogens with zero attached hydrogens (tertiary/aromatic N) is 3. The van der Waals surface area contributed by atoms with Crippen molar-refractivity contribution in [2.45, 2.75) is 39.8 Å². The molecule has 1 aliphatic rings. The van der Waals surface area contributed by atoms with Gasteiger partial charge in [0.25, 0.3) is 0 Å². The Morgan fingerprint density at radius 3 is 2.52 bits per heavy atom. The van der Waals surface area contributed by atoms with E-state index >= 15 is 0 Å². The van der Waals surface area contributed by atoms with Crippen LogP contribution < -0.4 is 20.1 Å². The molecule has 8 nitrogen and oxygen atoms in total. The summed E-state index contributed by atoms with van der Waals surface area (Å²) in [5, 5.41) is 6.84. The highest BCUT2D eigenvalue weighted by Crippen LogP contribution is 2.27. The van der Waals surface area contributed by atoms with Crippen LogP contribution in [0.15, 0.2) is 27.6 Å². The molecule has 0 bridgehead atoms. The van der Waals surface area contributed by atoms with E-state index in [4.69, 9.17) is 13.9 Å². The number of aryl methyl sites for hydroxylation is 2. The van der Waals surface area contributed by atoms with Crippen molar-refractivity contribution < 1.29 is 13.9 Å². The van der Waals surface area contributed by atoms with Crippen molar-refractivity contribution in [2.75, 3.05) is 40.9 Å². The van der Waals surface area contributed by atoms with Gasteiger partial charge in [0.2, 0.25) is 5.89 Å². The minimum absolute atomic E-state index is 0.629. The molecule has 1 aromatic carbocycles. The summed E-state index contributed by atoms with van der Waals surface area (Å²) >= 11 is 0. The molecule has 0 spiro atoms. The molecule has 3 rings (SSSR count). The van der Waals surface area contributed by atoms with Gasteiger partial charge in [-0.1, -0.05) is 6.07 Å². The third kappa shape index (κ3) is 6.37. The average Bonchev–Trinajstić information content (AvgIpc) is 3.11. The number of nitrogens with one attached hydrogen (secondary N) is 2.